The topological polar surface area (TPSA) is 110 Å². The lowest BCUT2D eigenvalue weighted by molar-refractivity contribution is 0.0954. The monoisotopic (exact) mass is 549 g/mol. The number of benzene rings is 2. The van der Waals surface area contributed by atoms with Gasteiger partial charge < -0.3 is 20.5 Å². The summed E-state index contributed by atoms with van der Waals surface area (Å²) in [6.45, 7) is 5.19. The zero-order valence-corrected chi connectivity index (χ0v) is 23.7. The highest BCUT2D eigenvalue weighted by atomic mass is 16.1. The van der Waals surface area contributed by atoms with Crippen molar-refractivity contribution in [1.29, 1.82) is 5.26 Å². The summed E-state index contributed by atoms with van der Waals surface area (Å²) in [5.74, 6) is 0.523. The summed E-state index contributed by atoms with van der Waals surface area (Å²) in [5, 5.41) is 16.5. The minimum Gasteiger partial charge on any atom is -0.360 e. The molecule has 1 aliphatic heterocycles. The SMILES string of the molecule is N#Cc1c[nH]c2ccc(CCNC(=O)c3ccc(-c4ccnc(NCCCCCCN5CCCCC5)n4)cc3)cc12. The molecule has 0 spiro atoms. The number of anilines is 1. The van der Waals surface area contributed by atoms with Crippen LogP contribution in [0.5, 0.6) is 0 Å². The number of aromatic nitrogens is 3. The second-order valence-corrected chi connectivity index (χ2v) is 10.8. The number of likely N-dealkylation sites (tertiary alicyclic amines) is 1. The molecule has 0 atom stereocenters. The van der Waals surface area contributed by atoms with E-state index in [9.17, 15) is 10.1 Å². The zero-order chi connectivity index (χ0) is 28.3. The van der Waals surface area contributed by atoms with Crippen LogP contribution in [0.15, 0.2) is 60.9 Å². The van der Waals surface area contributed by atoms with Crippen molar-refractivity contribution in [3.63, 3.8) is 0 Å². The molecule has 3 N–H and O–H groups in total. The first-order chi connectivity index (χ1) is 20.2. The number of aromatic amines is 1. The smallest absolute Gasteiger partial charge is 0.251 e. The van der Waals surface area contributed by atoms with Crippen LogP contribution in [-0.4, -0.2) is 58.5 Å². The first-order valence-corrected chi connectivity index (χ1v) is 14.9. The van der Waals surface area contributed by atoms with Crippen molar-refractivity contribution in [2.24, 2.45) is 0 Å². The van der Waals surface area contributed by atoms with Crippen LogP contribution in [0.4, 0.5) is 5.95 Å². The van der Waals surface area contributed by atoms with E-state index in [1.165, 1.54) is 58.2 Å². The Morgan fingerprint density at radius 3 is 2.63 bits per heavy atom. The van der Waals surface area contributed by atoms with E-state index in [1.54, 1.807) is 12.4 Å². The average Bonchev–Trinajstić information content (AvgIpc) is 3.44. The van der Waals surface area contributed by atoms with Crippen LogP contribution in [0, 0.1) is 11.3 Å². The first kappa shape index (κ1) is 28.3. The van der Waals surface area contributed by atoms with Gasteiger partial charge in [-0.3, -0.25) is 4.79 Å². The third-order valence-electron chi connectivity index (χ3n) is 7.80. The Bertz CT molecular complexity index is 1470. The number of carbonyl (C=O) groups is 1. The molecule has 0 radical (unpaired) electrons. The van der Waals surface area contributed by atoms with E-state index in [0.29, 0.717) is 30.0 Å². The number of rotatable bonds is 13. The fourth-order valence-electron chi connectivity index (χ4n) is 5.43. The Labute approximate surface area is 242 Å². The van der Waals surface area contributed by atoms with Gasteiger partial charge in [-0.1, -0.05) is 37.5 Å². The van der Waals surface area contributed by atoms with E-state index < -0.39 is 0 Å². The van der Waals surface area contributed by atoms with Crippen LogP contribution in [0.25, 0.3) is 22.2 Å². The number of nitriles is 1. The molecule has 8 nitrogen and oxygen atoms in total. The molecule has 4 aromatic rings. The maximum Gasteiger partial charge on any atom is 0.251 e. The summed E-state index contributed by atoms with van der Waals surface area (Å²) < 4.78 is 0. The number of hydrogen-bond acceptors (Lipinski definition) is 6. The summed E-state index contributed by atoms with van der Waals surface area (Å²) in [4.78, 5) is 27.5. The van der Waals surface area contributed by atoms with E-state index in [0.717, 1.165) is 40.7 Å². The standard InChI is InChI=1S/C33H39N7O/c34-23-28-24-38-31-13-8-25(22-29(28)31)14-17-35-32(41)27-11-9-26(10-12-27)30-15-18-37-33(39-30)36-16-4-1-2-5-19-40-20-6-3-7-21-40/h8-13,15,18,22,24,38H,1-7,14,16-17,19-21H2,(H,35,41)(H,36,37,39). The Morgan fingerprint density at radius 2 is 1.80 bits per heavy atom. The highest BCUT2D eigenvalue weighted by molar-refractivity contribution is 5.94. The predicted molar refractivity (Wildman–Crippen MR) is 164 cm³/mol. The van der Waals surface area contributed by atoms with Gasteiger partial charge in [-0.25, -0.2) is 9.97 Å². The van der Waals surface area contributed by atoms with Gasteiger partial charge in [0.25, 0.3) is 5.91 Å². The molecule has 41 heavy (non-hydrogen) atoms. The van der Waals surface area contributed by atoms with Crippen LogP contribution in [0.1, 0.15) is 66.4 Å². The Kier molecular flexibility index (Phi) is 9.96. The number of piperidine rings is 1. The van der Waals surface area contributed by atoms with Gasteiger partial charge in [0.05, 0.1) is 11.3 Å². The summed E-state index contributed by atoms with van der Waals surface area (Å²) in [6, 6.07) is 17.6. The molecule has 1 amide bonds. The van der Waals surface area contributed by atoms with Crippen molar-refractivity contribution in [3.05, 3.63) is 77.6 Å². The largest absolute Gasteiger partial charge is 0.360 e. The van der Waals surface area contributed by atoms with Crippen LogP contribution in [0.2, 0.25) is 0 Å². The van der Waals surface area contributed by atoms with Crippen molar-refractivity contribution < 1.29 is 4.79 Å². The molecule has 212 valence electrons. The van der Waals surface area contributed by atoms with Crippen molar-refractivity contribution in [2.75, 3.05) is 38.0 Å². The number of carbonyl (C=O) groups excluding carboxylic acids is 1. The Morgan fingerprint density at radius 1 is 0.976 bits per heavy atom. The number of hydrogen-bond donors (Lipinski definition) is 3. The number of nitrogens with one attached hydrogen (secondary N) is 3. The number of unbranched alkanes of at least 4 members (excludes halogenated alkanes) is 3. The molecule has 1 saturated heterocycles. The lowest BCUT2D eigenvalue weighted by atomic mass is 10.1. The van der Waals surface area contributed by atoms with Crippen molar-refractivity contribution in [2.45, 2.75) is 51.4 Å². The molecule has 8 heteroatoms. The zero-order valence-electron chi connectivity index (χ0n) is 23.7. The second-order valence-electron chi connectivity index (χ2n) is 10.8. The van der Waals surface area contributed by atoms with Gasteiger partial charge in [0.1, 0.15) is 6.07 Å². The minimum absolute atomic E-state index is 0.113. The summed E-state index contributed by atoms with van der Waals surface area (Å²) in [6.07, 6.45) is 13.2. The molecular weight excluding hydrogens is 510 g/mol. The van der Waals surface area contributed by atoms with E-state index >= 15 is 0 Å². The molecular formula is C33H39N7O. The third kappa shape index (κ3) is 7.92. The van der Waals surface area contributed by atoms with Crippen molar-refractivity contribution in [1.82, 2.24) is 25.2 Å². The van der Waals surface area contributed by atoms with Crippen LogP contribution in [-0.2, 0) is 6.42 Å². The maximum absolute atomic E-state index is 12.7. The third-order valence-corrected chi connectivity index (χ3v) is 7.80. The van der Waals surface area contributed by atoms with E-state index in [2.05, 4.69) is 36.6 Å². The van der Waals surface area contributed by atoms with Gasteiger partial charge in [0.15, 0.2) is 0 Å². The first-order valence-electron chi connectivity index (χ1n) is 14.9. The summed E-state index contributed by atoms with van der Waals surface area (Å²) in [5.41, 5.74) is 5.02. The number of fused-ring (bicyclic) bond motifs is 1. The fourth-order valence-corrected chi connectivity index (χ4v) is 5.43. The Hall–Kier alpha value is -4.22. The molecule has 5 rings (SSSR count). The quantitative estimate of drug-likeness (QED) is 0.178. The van der Waals surface area contributed by atoms with E-state index in [4.69, 9.17) is 0 Å². The van der Waals surface area contributed by atoms with Gasteiger partial charge in [-0.05, 0) is 87.6 Å². The minimum atomic E-state index is -0.113. The fraction of sp³-hybridized carbons (Fsp3) is 0.394. The van der Waals surface area contributed by atoms with Crippen LogP contribution < -0.4 is 10.6 Å². The lowest BCUT2D eigenvalue weighted by Gasteiger charge is -2.26. The van der Waals surface area contributed by atoms with Crippen LogP contribution in [0.3, 0.4) is 0 Å². The number of nitrogens with zero attached hydrogens (tertiary/aromatic N) is 4. The molecule has 3 heterocycles. The molecule has 0 unspecified atom stereocenters. The molecule has 2 aromatic heterocycles. The van der Waals surface area contributed by atoms with Crippen molar-refractivity contribution >= 4 is 22.8 Å². The van der Waals surface area contributed by atoms with E-state index in [-0.39, 0.29) is 5.91 Å². The molecule has 2 aromatic carbocycles. The normalized spacial score (nSPS) is 13.6. The molecule has 1 fully saturated rings. The van der Waals surface area contributed by atoms with Gasteiger partial charge in [-0.2, -0.15) is 5.26 Å². The molecule has 0 aliphatic carbocycles. The van der Waals surface area contributed by atoms with Crippen LogP contribution >= 0.6 is 0 Å². The highest BCUT2D eigenvalue weighted by Crippen LogP contribution is 2.20. The van der Waals surface area contributed by atoms with Crippen molar-refractivity contribution in [3.8, 4) is 17.3 Å². The number of amides is 1. The highest BCUT2D eigenvalue weighted by Gasteiger charge is 2.10. The molecule has 1 aliphatic rings. The number of H-pyrrole nitrogens is 1. The van der Waals surface area contributed by atoms with Gasteiger partial charge in [0.2, 0.25) is 5.95 Å². The average molecular weight is 550 g/mol. The van der Waals surface area contributed by atoms with Gasteiger partial charge in [0, 0.05) is 47.5 Å². The summed E-state index contributed by atoms with van der Waals surface area (Å²) >= 11 is 0. The lowest BCUT2D eigenvalue weighted by Crippen LogP contribution is -2.30. The molecule has 0 bridgehead atoms. The summed E-state index contributed by atoms with van der Waals surface area (Å²) in [7, 11) is 0. The van der Waals surface area contributed by atoms with Gasteiger partial charge >= 0.3 is 0 Å². The maximum atomic E-state index is 12.7. The van der Waals surface area contributed by atoms with E-state index in [1.807, 2.05) is 48.5 Å². The Balaban J connectivity index is 1.04. The predicted octanol–water partition coefficient (Wildman–Crippen LogP) is 5.93. The second kappa shape index (κ2) is 14.4. The molecule has 0 saturated carbocycles. The van der Waals surface area contributed by atoms with Gasteiger partial charge in [-0.15, -0.1) is 0 Å².